The molecule has 5 nitrogen and oxygen atoms in total. The van der Waals surface area contributed by atoms with Crippen molar-refractivity contribution in [2.45, 2.75) is 18.6 Å². The highest BCUT2D eigenvalue weighted by molar-refractivity contribution is 5.74. The van der Waals surface area contributed by atoms with E-state index in [9.17, 15) is 15.0 Å². The van der Waals surface area contributed by atoms with E-state index in [0.717, 1.165) is 0 Å². The van der Waals surface area contributed by atoms with E-state index in [1.54, 1.807) is 18.2 Å². The molecule has 2 atom stereocenters. The first-order valence-corrected chi connectivity index (χ1v) is 4.69. The number of aliphatic hydroxyl groups excluding tert-OH is 2. The topological polar surface area (TPSA) is 107 Å². The molecule has 0 aliphatic heterocycles. The zero-order valence-electron chi connectivity index (χ0n) is 8.50. The van der Waals surface area contributed by atoms with Crippen molar-refractivity contribution in [2.75, 3.05) is 0 Å². The minimum atomic E-state index is -1.26. The number of hydrogen-bond acceptors (Lipinski definition) is 4. The number of aliphatic hydroxyl groups is 2. The first-order valence-electron chi connectivity index (χ1n) is 4.69. The van der Waals surface area contributed by atoms with Gasteiger partial charge in [0.25, 0.3) is 0 Å². The molecule has 0 aliphatic carbocycles. The maximum absolute atomic E-state index is 10.6. The van der Waals surface area contributed by atoms with E-state index in [0.29, 0.717) is 11.1 Å². The number of carbonyl (C=O) groups is 1. The molecule has 0 aromatic heterocycles. The molecule has 0 bridgehead atoms. The van der Waals surface area contributed by atoms with Crippen molar-refractivity contribution in [1.29, 1.82) is 5.26 Å². The lowest BCUT2D eigenvalue weighted by Crippen LogP contribution is -2.25. The molecule has 0 heterocycles. The quantitative estimate of drug-likeness (QED) is 0.654. The van der Waals surface area contributed by atoms with Gasteiger partial charge in [0.05, 0.1) is 24.2 Å². The Morgan fingerprint density at radius 2 is 2.19 bits per heavy atom. The Hall–Kier alpha value is -1.90. The van der Waals surface area contributed by atoms with E-state index in [1.807, 2.05) is 6.07 Å². The van der Waals surface area contributed by atoms with Crippen molar-refractivity contribution in [3.8, 4) is 6.07 Å². The molecule has 1 aromatic carbocycles. The predicted octanol–water partition coefficient (Wildman–Crippen LogP) is -0.172. The molecule has 1 rings (SSSR count). The van der Waals surface area contributed by atoms with Gasteiger partial charge in [0, 0.05) is 0 Å². The molecule has 0 fully saturated rings. The van der Waals surface area contributed by atoms with Gasteiger partial charge in [0.2, 0.25) is 5.91 Å². The molecular weight excluding hydrogens is 208 g/mol. The number of nitriles is 1. The fraction of sp³-hybridized carbons (Fsp3) is 0.273. The van der Waals surface area contributed by atoms with E-state index in [2.05, 4.69) is 0 Å². The second-order valence-corrected chi connectivity index (χ2v) is 3.42. The summed E-state index contributed by atoms with van der Waals surface area (Å²) in [7, 11) is 0. The zero-order chi connectivity index (χ0) is 12.1. The van der Waals surface area contributed by atoms with Crippen LogP contribution in [0.15, 0.2) is 24.3 Å². The fourth-order valence-electron chi connectivity index (χ4n) is 1.33. The van der Waals surface area contributed by atoms with Crippen LogP contribution in [-0.2, 0) is 4.79 Å². The van der Waals surface area contributed by atoms with Crippen LogP contribution in [0.3, 0.4) is 0 Å². The van der Waals surface area contributed by atoms with E-state index < -0.39 is 18.1 Å². The number of rotatable bonds is 4. The van der Waals surface area contributed by atoms with Gasteiger partial charge in [-0.3, -0.25) is 4.79 Å². The fourth-order valence-corrected chi connectivity index (χ4v) is 1.33. The minimum absolute atomic E-state index is 0.321. The van der Waals surface area contributed by atoms with Crippen molar-refractivity contribution >= 4 is 5.91 Å². The van der Waals surface area contributed by atoms with Crippen LogP contribution in [0, 0.1) is 11.3 Å². The summed E-state index contributed by atoms with van der Waals surface area (Å²) < 4.78 is 0. The molecule has 2 unspecified atom stereocenters. The highest BCUT2D eigenvalue weighted by Gasteiger charge is 2.20. The second kappa shape index (κ2) is 5.26. The number of carbonyl (C=O) groups excluding carboxylic acids is 1. The third-order valence-corrected chi connectivity index (χ3v) is 2.13. The number of nitrogens with two attached hydrogens (primary N) is 1. The standard InChI is InChI=1S/C11H12N2O3/c12-6-7-2-1-3-8(4-7)11(16)9(14)5-10(13)15/h1-4,9,11,14,16H,5H2,(H2,13,15). The van der Waals surface area contributed by atoms with E-state index >= 15 is 0 Å². The van der Waals surface area contributed by atoms with Gasteiger partial charge < -0.3 is 15.9 Å². The van der Waals surface area contributed by atoms with Crippen LogP contribution in [0.2, 0.25) is 0 Å². The number of hydrogen-bond donors (Lipinski definition) is 3. The summed E-state index contributed by atoms with van der Waals surface area (Å²) in [6.07, 6.45) is -2.80. The molecule has 0 saturated heterocycles. The molecule has 84 valence electrons. The third-order valence-electron chi connectivity index (χ3n) is 2.13. The van der Waals surface area contributed by atoms with Crippen molar-refractivity contribution in [1.82, 2.24) is 0 Å². The van der Waals surface area contributed by atoms with Gasteiger partial charge in [-0.05, 0) is 17.7 Å². The summed E-state index contributed by atoms with van der Waals surface area (Å²) in [5.74, 6) is -0.692. The van der Waals surface area contributed by atoms with Gasteiger partial charge in [-0.15, -0.1) is 0 Å². The Morgan fingerprint density at radius 3 is 2.75 bits per heavy atom. The Labute approximate surface area is 92.7 Å². The summed E-state index contributed by atoms with van der Waals surface area (Å²) >= 11 is 0. The van der Waals surface area contributed by atoms with Crippen LogP contribution < -0.4 is 5.73 Å². The van der Waals surface area contributed by atoms with Crippen molar-refractivity contribution in [2.24, 2.45) is 5.73 Å². The average Bonchev–Trinajstić information content (AvgIpc) is 2.27. The monoisotopic (exact) mass is 220 g/mol. The molecule has 0 saturated carbocycles. The lowest BCUT2D eigenvalue weighted by atomic mass is 10.0. The highest BCUT2D eigenvalue weighted by Crippen LogP contribution is 2.19. The van der Waals surface area contributed by atoms with Crippen molar-refractivity contribution in [3.05, 3.63) is 35.4 Å². The molecule has 0 spiro atoms. The molecule has 0 aliphatic rings. The number of nitrogens with zero attached hydrogens (tertiary/aromatic N) is 1. The summed E-state index contributed by atoms with van der Waals surface area (Å²) in [5, 5.41) is 27.8. The van der Waals surface area contributed by atoms with E-state index in [4.69, 9.17) is 11.0 Å². The Kier molecular flexibility index (Phi) is 4.00. The van der Waals surface area contributed by atoms with E-state index in [1.165, 1.54) is 6.07 Å². The lowest BCUT2D eigenvalue weighted by molar-refractivity contribution is -0.121. The Morgan fingerprint density at radius 1 is 1.50 bits per heavy atom. The largest absolute Gasteiger partial charge is 0.390 e. The molecular formula is C11H12N2O3. The van der Waals surface area contributed by atoms with Crippen LogP contribution in [0.4, 0.5) is 0 Å². The van der Waals surface area contributed by atoms with Gasteiger partial charge in [-0.2, -0.15) is 5.26 Å². The number of primary amides is 1. The van der Waals surface area contributed by atoms with Gasteiger partial charge in [0.15, 0.2) is 0 Å². The second-order valence-electron chi connectivity index (χ2n) is 3.42. The minimum Gasteiger partial charge on any atom is -0.390 e. The molecule has 1 aromatic rings. The zero-order valence-corrected chi connectivity index (χ0v) is 8.50. The van der Waals surface area contributed by atoms with Crippen LogP contribution in [0.1, 0.15) is 23.7 Å². The number of amides is 1. The van der Waals surface area contributed by atoms with Crippen molar-refractivity contribution in [3.63, 3.8) is 0 Å². The van der Waals surface area contributed by atoms with Crippen LogP contribution >= 0.6 is 0 Å². The SMILES string of the molecule is N#Cc1cccc(C(O)C(O)CC(N)=O)c1. The van der Waals surface area contributed by atoms with Crippen LogP contribution in [-0.4, -0.2) is 22.2 Å². The van der Waals surface area contributed by atoms with Crippen LogP contribution in [0.5, 0.6) is 0 Å². The summed E-state index contributed by atoms with van der Waals surface area (Å²) in [4.78, 5) is 10.6. The molecule has 4 N–H and O–H groups in total. The predicted molar refractivity (Wildman–Crippen MR) is 55.9 cm³/mol. The summed E-state index contributed by atoms with van der Waals surface area (Å²) in [5.41, 5.74) is 5.66. The van der Waals surface area contributed by atoms with Gasteiger partial charge in [-0.1, -0.05) is 12.1 Å². The normalized spacial score (nSPS) is 13.8. The van der Waals surface area contributed by atoms with Crippen molar-refractivity contribution < 1.29 is 15.0 Å². The number of benzene rings is 1. The smallest absolute Gasteiger partial charge is 0.220 e. The summed E-state index contributed by atoms with van der Waals surface area (Å²) in [6, 6.07) is 8.11. The Bertz CT molecular complexity index is 425. The van der Waals surface area contributed by atoms with E-state index in [-0.39, 0.29) is 6.42 Å². The Balaban J connectivity index is 2.83. The molecule has 1 amide bonds. The first-order chi connectivity index (χ1) is 7.54. The third kappa shape index (κ3) is 3.05. The molecule has 0 radical (unpaired) electrons. The van der Waals surface area contributed by atoms with Crippen LogP contribution in [0.25, 0.3) is 0 Å². The molecule has 5 heteroatoms. The summed E-state index contributed by atoms with van der Waals surface area (Å²) in [6.45, 7) is 0. The van der Waals surface area contributed by atoms with Gasteiger partial charge in [-0.25, -0.2) is 0 Å². The lowest BCUT2D eigenvalue weighted by Gasteiger charge is -2.16. The van der Waals surface area contributed by atoms with Gasteiger partial charge in [0.1, 0.15) is 6.10 Å². The maximum Gasteiger partial charge on any atom is 0.220 e. The average molecular weight is 220 g/mol. The first kappa shape index (κ1) is 12.2. The highest BCUT2D eigenvalue weighted by atomic mass is 16.3. The van der Waals surface area contributed by atoms with Gasteiger partial charge >= 0.3 is 0 Å². The molecule has 16 heavy (non-hydrogen) atoms. The maximum atomic E-state index is 10.6.